The van der Waals surface area contributed by atoms with Gasteiger partial charge in [0, 0.05) is 16.8 Å². The Hall–Kier alpha value is -4.25. The summed E-state index contributed by atoms with van der Waals surface area (Å²) < 4.78 is 2.16. The predicted octanol–water partition coefficient (Wildman–Crippen LogP) is 6.37. The number of nitrogens with zero attached hydrogens (tertiary/aromatic N) is 3. The number of pyridine rings is 1. The van der Waals surface area contributed by atoms with Crippen LogP contribution in [-0.2, 0) is 0 Å². The molecular weight excluding hydrogens is 374 g/mol. The molecule has 0 spiro atoms. The predicted molar refractivity (Wildman–Crippen MR) is 120 cm³/mol. The van der Waals surface area contributed by atoms with E-state index in [1.54, 1.807) is 12.1 Å². The Balaban J connectivity index is 1.90. The molecule has 4 aromatic carbocycles. The van der Waals surface area contributed by atoms with E-state index in [1.165, 1.54) is 0 Å². The highest BCUT2D eigenvalue weighted by atomic mass is 16.6. The summed E-state index contributed by atoms with van der Waals surface area (Å²) in [6.07, 6.45) is 0. The van der Waals surface area contributed by atoms with Crippen LogP contribution in [0.25, 0.3) is 49.5 Å². The molecule has 0 atom stereocenters. The minimum absolute atomic E-state index is 0.102. The summed E-state index contributed by atoms with van der Waals surface area (Å²) in [4.78, 5) is 16.3. The third kappa shape index (κ3) is 2.20. The molecule has 2 aromatic heterocycles. The zero-order chi connectivity index (χ0) is 20.2. The van der Waals surface area contributed by atoms with Crippen LogP contribution in [0.15, 0.2) is 91.0 Å². The SMILES string of the molecule is O=[N+]([O-])c1ccccc1-c1cccc2c1c1ccccc1c1nc3ccccc3n21. The highest BCUT2D eigenvalue weighted by Crippen LogP contribution is 2.40. The molecule has 0 N–H and O–H groups in total. The maximum atomic E-state index is 11.7. The van der Waals surface area contributed by atoms with E-state index < -0.39 is 0 Å². The summed E-state index contributed by atoms with van der Waals surface area (Å²) in [5.41, 5.74) is 5.36. The Morgan fingerprint density at radius 1 is 0.700 bits per heavy atom. The van der Waals surface area contributed by atoms with Crippen LogP contribution in [0.1, 0.15) is 0 Å². The van der Waals surface area contributed by atoms with Gasteiger partial charge in [0.15, 0.2) is 0 Å². The van der Waals surface area contributed by atoms with Crippen molar-refractivity contribution in [3.05, 3.63) is 101 Å². The molecule has 0 saturated heterocycles. The molecule has 0 fully saturated rings. The first-order valence-corrected chi connectivity index (χ1v) is 9.68. The number of fused-ring (bicyclic) bond motifs is 8. The van der Waals surface area contributed by atoms with Crippen LogP contribution in [0.5, 0.6) is 0 Å². The molecule has 0 amide bonds. The van der Waals surface area contributed by atoms with Gasteiger partial charge >= 0.3 is 0 Å². The van der Waals surface area contributed by atoms with Gasteiger partial charge in [-0.05, 0) is 35.2 Å². The first kappa shape index (κ1) is 16.7. The van der Waals surface area contributed by atoms with Gasteiger partial charge in [-0.2, -0.15) is 0 Å². The Morgan fingerprint density at radius 2 is 1.37 bits per heavy atom. The molecule has 0 saturated carbocycles. The Kier molecular flexibility index (Phi) is 3.40. The van der Waals surface area contributed by atoms with Gasteiger partial charge in [0.05, 0.1) is 27.0 Å². The van der Waals surface area contributed by atoms with Gasteiger partial charge in [0.2, 0.25) is 0 Å². The van der Waals surface area contributed by atoms with Gasteiger partial charge in [-0.1, -0.05) is 60.7 Å². The highest BCUT2D eigenvalue weighted by Gasteiger charge is 2.20. The maximum absolute atomic E-state index is 11.7. The second-order valence-electron chi connectivity index (χ2n) is 7.28. The van der Waals surface area contributed by atoms with Crippen LogP contribution in [0, 0.1) is 10.1 Å². The van der Waals surface area contributed by atoms with E-state index in [0.29, 0.717) is 5.56 Å². The van der Waals surface area contributed by atoms with Gasteiger partial charge in [-0.3, -0.25) is 14.5 Å². The molecule has 5 nitrogen and oxygen atoms in total. The van der Waals surface area contributed by atoms with E-state index in [9.17, 15) is 10.1 Å². The van der Waals surface area contributed by atoms with Crippen molar-refractivity contribution in [1.29, 1.82) is 0 Å². The lowest BCUT2D eigenvalue weighted by molar-refractivity contribution is -0.384. The molecule has 0 radical (unpaired) electrons. The van der Waals surface area contributed by atoms with E-state index in [4.69, 9.17) is 4.98 Å². The van der Waals surface area contributed by atoms with Gasteiger partial charge in [0.1, 0.15) is 5.65 Å². The fourth-order valence-electron chi connectivity index (χ4n) is 4.44. The van der Waals surface area contributed by atoms with Gasteiger partial charge in [-0.15, -0.1) is 0 Å². The molecule has 0 aliphatic rings. The maximum Gasteiger partial charge on any atom is 0.277 e. The summed E-state index contributed by atoms with van der Waals surface area (Å²) in [5.74, 6) is 0. The second kappa shape index (κ2) is 6.12. The lowest BCUT2D eigenvalue weighted by Crippen LogP contribution is -1.96. The van der Waals surface area contributed by atoms with Gasteiger partial charge < -0.3 is 0 Å². The van der Waals surface area contributed by atoms with Crippen LogP contribution < -0.4 is 0 Å². The summed E-state index contributed by atoms with van der Waals surface area (Å²) >= 11 is 0. The van der Waals surface area contributed by atoms with Crippen molar-refractivity contribution in [2.75, 3.05) is 0 Å². The van der Waals surface area contributed by atoms with Crippen molar-refractivity contribution >= 4 is 44.0 Å². The summed E-state index contributed by atoms with van der Waals surface area (Å²) in [6.45, 7) is 0. The number of hydrogen-bond donors (Lipinski definition) is 0. The molecule has 0 aliphatic heterocycles. The Bertz CT molecular complexity index is 1630. The standard InChI is InChI=1S/C25H15N3O2/c29-28(30)21-13-5-3-8-16(21)17-11-7-15-23-24(17)18-9-1-2-10-19(18)25-26-20-12-4-6-14-22(20)27(23)25/h1-15H. The van der Waals surface area contributed by atoms with Crippen LogP contribution in [0.3, 0.4) is 0 Å². The number of aromatic nitrogens is 2. The third-order valence-corrected chi connectivity index (χ3v) is 5.67. The van der Waals surface area contributed by atoms with Crippen molar-refractivity contribution in [2.45, 2.75) is 0 Å². The smallest absolute Gasteiger partial charge is 0.277 e. The molecule has 142 valence electrons. The number of benzene rings is 4. The number of hydrogen-bond acceptors (Lipinski definition) is 3. The number of imidazole rings is 1. The van der Waals surface area contributed by atoms with Crippen LogP contribution in [0.4, 0.5) is 5.69 Å². The van der Waals surface area contributed by atoms with Crippen molar-refractivity contribution in [3.63, 3.8) is 0 Å². The second-order valence-corrected chi connectivity index (χ2v) is 7.28. The molecule has 6 rings (SSSR count). The van der Waals surface area contributed by atoms with Crippen LogP contribution in [-0.4, -0.2) is 14.3 Å². The largest absolute Gasteiger partial charge is 0.292 e. The van der Waals surface area contributed by atoms with Crippen LogP contribution >= 0.6 is 0 Å². The fourth-order valence-corrected chi connectivity index (χ4v) is 4.44. The monoisotopic (exact) mass is 389 g/mol. The molecule has 5 heteroatoms. The van der Waals surface area contributed by atoms with Crippen molar-refractivity contribution < 1.29 is 4.92 Å². The first-order valence-electron chi connectivity index (χ1n) is 9.68. The minimum atomic E-state index is -0.318. The molecule has 0 unspecified atom stereocenters. The first-order chi connectivity index (χ1) is 14.7. The van der Waals surface area contributed by atoms with E-state index in [2.05, 4.69) is 28.7 Å². The van der Waals surface area contributed by atoms with Crippen molar-refractivity contribution in [1.82, 2.24) is 9.38 Å². The minimum Gasteiger partial charge on any atom is -0.292 e. The van der Waals surface area contributed by atoms with Gasteiger partial charge in [-0.25, -0.2) is 4.98 Å². The van der Waals surface area contributed by atoms with E-state index in [1.807, 2.05) is 54.6 Å². The third-order valence-electron chi connectivity index (χ3n) is 5.67. The van der Waals surface area contributed by atoms with Crippen LogP contribution in [0.2, 0.25) is 0 Å². The molecule has 2 heterocycles. The van der Waals surface area contributed by atoms with Crippen molar-refractivity contribution in [2.24, 2.45) is 0 Å². The molecule has 0 aliphatic carbocycles. The average Bonchev–Trinajstić information content (AvgIpc) is 3.19. The molecular formula is C25H15N3O2. The summed E-state index contributed by atoms with van der Waals surface area (Å²) in [5, 5.41) is 14.8. The lowest BCUT2D eigenvalue weighted by Gasteiger charge is -2.13. The number of para-hydroxylation sites is 3. The summed E-state index contributed by atoms with van der Waals surface area (Å²) in [7, 11) is 0. The molecule has 0 bridgehead atoms. The molecule has 6 aromatic rings. The quantitative estimate of drug-likeness (QED) is 0.196. The Labute approximate surface area is 171 Å². The number of rotatable bonds is 2. The molecule has 30 heavy (non-hydrogen) atoms. The Morgan fingerprint density at radius 3 is 2.23 bits per heavy atom. The fraction of sp³-hybridized carbons (Fsp3) is 0. The van der Waals surface area contributed by atoms with Gasteiger partial charge in [0.25, 0.3) is 5.69 Å². The number of nitro benzene ring substituents is 1. The van der Waals surface area contributed by atoms with E-state index in [-0.39, 0.29) is 10.6 Å². The van der Waals surface area contributed by atoms with E-state index >= 15 is 0 Å². The number of nitro groups is 1. The van der Waals surface area contributed by atoms with E-state index in [0.717, 1.165) is 43.9 Å². The van der Waals surface area contributed by atoms with Crippen molar-refractivity contribution in [3.8, 4) is 11.1 Å². The topological polar surface area (TPSA) is 60.4 Å². The highest BCUT2D eigenvalue weighted by molar-refractivity contribution is 6.18. The average molecular weight is 389 g/mol. The summed E-state index contributed by atoms with van der Waals surface area (Å²) in [6, 6.07) is 29.1. The zero-order valence-electron chi connectivity index (χ0n) is 15.8. The lowest BCUT2D eigenvalue weighted by atomic mass is 9.95. The normalized spacial score (nSPS) is 11.6. The zero-order valence-corrected chi connectivity index (χ0v) is 15.8.